The molecule has 3 aromatic rings. The third kappa shape index (κ3) is 9.04. The molecule has 3 heterocycles. The molecule has 0 saturated carbocycles. The number of aromatic nitrogens is 2. The lowest BCUT2D eigenvalue weighted by Gasteiger charge is -2.27. The van der Waals surface area contributed by atoms with Gasteiger partial charge in [-0.2, -0.15) is 0 Å². The van der Waals surface area contributed by atoms with E-state index in [0.717, 1.165) is 50.2 Å². The molecule has 0 unspecified atom stereocenters. The number of nitrogens with one attached hydrogen (secondary N) is 1. The summed E-state index contributed by atoms with van der Waals surface area (Å²) in [5.74, 6) is 0.295. The highest BCUT2D eigenvalue weighted by Crippen LogP contribution is 2.40. The maximum atomic E-state index is 13.2. The molecule has 2 amide bonds. The normalized spacial score (nSPS) is 13.7. The van der Waals surface area contributed by atoms with Crippen molar-refractivity contribution in [1.82, 2.24) is 15.3 Å². The zero-order chi connectivity index (χ0) is 27.8. The van der Waals surface area contributed by atoms with Crippen molar-refractivity contribution in [2.45, 2.75) is 53.0 Å². The van der Waals surface area contributed by atoms with Gasteiger partial charge >= 0.3 is 0 Å². The fourth-order valence-corrected chi connectivity index (χ4v) is 4.82. The molecule has 2 aromatic heterocycles. The van der Waals surface area contributed by atoms with Crippen molar-refractivity contribution >= 4 is 60.4 Å². The molecule has 0 atom stereocenters. The van der Waals surface area contributed by atoms with Crippen LogP contribution in [0.15, 0.2) is 61.1 Å². The molecule has 0 spiro atoms. The highest BCUT2D eigenvalue weighted by atomic mass is 35.5. The number of ether oxygens (including phenoxy) is 1. The molecule has 42 heavy (non-hydrogen) atoms. The van der Waals surface area contributed by atoms with Gasteiger partial charge < -0.3 is 19.9 Å². The number of amides is 2. The Balaban J connectivity index is 0.00000294. The number of nitrogens with zero attached hydrogens (tertiary/aromatic N) is 4. The van der Waals surface area contributed by atoms with Crippen LogP contribution in [-0.4, -0.2) is 48.5 Å². The van der Waals surface area contributed by atoms with Gasteiger partial charge in [-0.25, -0.2) is 0 Å². The summed E-state index contributed by atoms with van der Waals surface area (Å²) >= 11 is 0. The lowest BCUT2D eigenvalue weighted by molar-refractivity contribution is -0.137. The predicted molar refractivity (Wildman–Crippen MR) is 176 cm³/mol. The third-order valence-corrected chi connectivity index (χ3v) is 7.03. The zero-order valence-electron chi connectivity index (χ0n) is 24.7. The van der Waals surface area contributed by atoms with Crippen molar-refractivity contribution in [3.05, 3.63) is 77.9 Å². The van der Waals surface area contributed by atoms with Gasteiger partial charge in [0.05, 0.1) is 18.0 Å². The van der Waals surface area contributed by atoms with Gasteiger partial charge in [-0.05, 0) is 87.5 Å². The fourth-order valence-electron chi connectivity index (χ4n) is 4.82. The molecule has 8 nitrogen and oxygen atoms in total. The van der Waals surface area contributed by atoms with E-state index in [0.29, 0.717) is 24.6 Å². The number of benzene rings is 1. The molecule has 1 aliphatic rings. The Bertz CT molecular complexity index is 1290. The smallest absolute Gasteiger partial charge is 0.242 e. The number of rotatable bonds is 12. The van der Waals surface area contributed by atoms with Crippen LogP contribution in [0.25, 0.3) is 0 Å². The van der Waals surface area contributed by atoms with Gasteiger partial charge in [-0.1, -0.05) is 13.0 Å². The third-order valence-electron chi connectivity index (χ3n) is 7.03. The second-order valence-corrected chi connectivity index (χ2v) is 10.5. The number of aryl methyl sites for hydroxylation is 2. The Hall–Kier alpha value is -2.91. The average Bonchev–Trinajstić information content (AvgIpc) is 3.00. The van der Waals surface area contributed by atoms with Crippen LogP contribution >= 0.6 is 37.2 Å². The van der Waals surface area contributed by atoms with Gasteiger partial charge in [0.25, 0.3) is 0 Å². The van der Waals surface area contributed by atoms with E-state index in [4.69, 9.17) is 4.74 Å². The first-order chi connectivity index (χ1) is 18.8. The Kier molecular flexibility index (Phi) is 15.3. The lowest BCUT2D eigenvalue weighted by atomic mass is 9.90. The quantitative estimate of drug-likeness (QED) is 0.198. The van der Waals surface area contributed by atoms with Crippen LogP contribution in [0, 0.1) is 5.41 Å². The Morgan fingerprint density at radius 3 is 2.43 bits per heavy atom. The number of carbonyl (C=O) groups is 2. The summed E-state index contributed by atoms with van der Waals surface area (Å²) in [6.45, 7) is 8.10. The summed E-state index contributed by atoms with van der Waals surface area (Å²) in [4.78, 5) is 38.3. The highest BCUT2D eigenvalue weighted by molar-refractivity contribution is 6.20. The summed E-state index contributed by atoms with van der Waals surface area (Å²) in [5.41, 5.74) is 3.82. The van der Waals surface area contributed by atoms with E-state index >= 15 is 0 Å². The van der Waals surface area contributed by atoms with E-state index in [-0.39, 0.29) is 49.0 Å². The minimum Gasteiger partial charge on any atom is -0.493 e. The molecule has 4 rings (SSSR count). The van der Waals surface area contributed by atoms with E-state index in [1.54, 1.807) is 36.9 Å². The van der Waals surface area contributed by atoms with Crippen LogP contribution in [0.2, 0.25) is 0 Å². The minimum absolute atomic E-state index is 0. The largest absolute Gasteiger partial charge is 0.493 e. The summed E-state index contributed by atoms with van der Waals surface area (Å²) < 4.78 is 6.02. The van der Waals surface area contributed by atoms with Crippen LogP contribution in [0.3, 0.4) is 0 Å². The number of halogens is 3. The van der Waals surface area contributed by atoms with E-state index < -0.39 is 5.41 Å². The predicted octanol–water partition coefficient (Wildman–Crippen LogP) is 5.83. The van der Waals surface area contributed by atoms with Gasteiger partial charge in [-0.15, -0.1) is 37.2 Å². The first kappa shape index (κ1) is 37.1. The van der Waals surface area contributed by atoms with Crippen molar-refractivity contribution < 1.29 is 14.3 Å². The zero-order valence-corrected chi connectivity index (χ0v) is 27.1. The van der Waals surface area contributed by atoms with Gasteiger partial charge in [0, 0.05) is 50.5 Å². The second-order valence-electron chi connectivity index (χ2n) is 10.5. The molecular formula is C31H42Cl3N5O3. The molecular weight excluding hydrogens is 597 g/mol. The topological polar surface area (TPSA) is 87.7 Å². The Labute approximate surface area is 267 Å². The molecule has 230 valence electrons. The molecule has 0 bridgehead atoms. The molecule has 1 aromatic carbocycles. The maximum absolute atomic E-state index is 13.2. The van der Waals surface area contributed by atoms with Crippen LogP contribution < -0.4 is 19.9 Å². The van der Waals surface area contributed by atoms with Gasteiger partial charge in [0.15, 0.2) is 0 Å². The van der Waals surface area contributed by atoms with Crippen molar-refractivity contribution in [2.24, 2.45) is 5.41 Å². The molecule has 1 aliphatic heterocycles. The first-order valence-electron chi connectivity index (χ1n) is 13.7. The summed E-state index contributed by atoms with van der Waals surface area (Å²) in [7, 11) is 1.72. The van der Waals surface area contributed by atoms with E-state index in [9.17, 15) is 9.59 Å². The van der Waals surface area contributed by atoms with Crippen LogP contribution in [0.1, 0.15) is 50.4 Å². The number of anilines is 2. The Morgan fingerprint density at radius 2 is 1.71 bits per heavy atom. The summed E-state index contributed by atoms with van der Waals surface area (Å²) in [6.07, 6.45) is 9.01. The molecule has 0 aliphatic carbocycles. The molecule has 0 saturated heterocycles. The van der Waals surface area contributed by atoms with Crippen LogP contribution in [0.4, 0.5) is 11.4 Å². The fraction of sp³-hybridized carbons (Fsp3) is 0.419. The van der Waals surface area contributed by atoms with Gasteiger partial charge in [0.2, 0.25) is 11.8 Å². The summed E-state index contributed by atoms with van der Waals surface area (Å²) in [6, 6.07) is 13.9. The summed E-state index contributed by atoms with van der Waals surface area (Å²) in [5, 5.41) is 3.48. The number of pyridine rings is 2. The van der Waals surface area contributed by atoms with Crippen molar-refractivity contribution in [1.29, 1.82) is 0 Å². The molecule has 0 fully saturated rings. The minimum atomic E-state index is -1.12. The monoisotopic (exact) mass is 637 g/mol. The Morgan fingerprint density at radius 1 is 0.929 bits per heavy atom. The number of hydrogen-bond donors (Lipinski definition) is 1. The van der Waals surface area contributed by atoms with E-state index in [2.05, 4.69) is 27.4 Å². The average molecular weight is 639 g/mol. The molecule has 11 heteroatoms. The van der Waals surface area contributed by atoms with Crippen molar-refractivity contribution in [2.75, 3.05) is 36.5 Å². The number of carbonyl (C=O) groups excluding carboxylic acids is 2. The van der Waals surface area contributed by atoms with E-state index in [1.165, 1.54) is 11.1 Å². The second kappa shape index (κ2) is 17.3. The SMILES string of the molecule is CCCN1C(=O)C(C)(C)C(=O)N(C)c2cc(OCCCNCc3ccnc(CCc4cccnc4)c3)ccc21.Cl.Cl.Cl. The van der Waals surface area contributed by atoms with Crippen LogP contribution in [0.5, 0.6) is 5.75 Å². The van der Waals surface area contributed by atoms with Crippen molar-refractivity contribution in [3.63, 3.8) is 0 Å². The molecule has 1 N–H and O–H groups in total. The highest BCUT2D eigenvalue weighted by Gasteiger charge is 2.45. The number of hydrogen-bond acceptors (Lipinski definition) is 6. The maximum Gasteiger partial charge on any atom is 0.242 e. The lowest BCUT2D eigenvalue weighted by Crippen LogP contribution is -2.47. The molecule has 0 radical (unpaired) electrons. The van der Waals surface area contributed by atoms with Crippen LogP contribution in [-0.2, 0) is 29.0 Å². The van der Waals surface area contributed by atoms with Crippen molar-refractivity contribution in [3.8, 4) is 5.75 Å². The van der Waals surface area contributed by atoms with Gasteiger partial charge in [0.1, 0.15) is 11.2 Å². The first-order valence-corrected chi connectivity index (χ1v) is 13.7. The van der Waals surface area contributed by atoms with E-state index in [1.807, 2.05) is 49.6 Å². The standard InChI is InChI=1S/C31H39N5O3.3ClH/c1-5-17-36-27-12-11-26(20-28(27)35(4)29(37)31(2,3)30(36)38)39-18-7-15-33-22-24-13-16-34-25(19-24)10-9-23-8-6-14-32-21-23;;;/h6,8,11-14,16,19-21,33H,5,7,9-10,15,17-18,22H2,1-4H3;3*1H. The van der Waals surface area contributed by atoms with Gasteiger partial charge in [-0.3, -0.25) is 19.6 Å². The number of fused-ring (bicyclic) bond motifs is 1.